The summed E-state index contributed by atoms with van der Waals surface area (Å²) in [7, 11) is 1.67. The van der Waals surface area contributed by atoms with E-state index in [2.05, 4.69) is 5.32 Å². The lowest BCUT2D eigenvalue weighted by Gasteiger charge is -2.35. The van der Waals surface area contributed by atoms with Crippen LogP contribution in [0.3, 0.4) is 0 Å². The molecule has 0 heterocycles. The van der Waals surface area contributed by atoms with Gasteiger partial charge in [0.1, 0.15) is 0 Å². The average molecular weight is 242 g/mol. The van der Waals surface area contributed by atoms with E-state index in [0.29, 0.717) is 26.1 Å². The van der Waals surface area contributed by atoms with Crippen LogP contribution in [0.4, 0.5) is 0 Å². The zero-order valence-corrected chi connectivity index (χ0v) is 11.0. The third-order valence-electron chi connectivity index (χ3n) is 3.73. The molecule has 1 amide bonds. The van der Waals surface area contributed by atoms with E-state index in [9.17, 15) is 4.79 Å². The second-order valence-electron chi connectivity index (χ2n) is 5.14. The average Bonchev–Trinajstić information content (AvgIpc) is 2.36. The molecule has 0 aromatic carbocycles. The molecule has 1 rings (SSSR count). The molecule has 17 heavy (non-hydrogen) atoms. The Morgan fingerprint density at radius 2 is 2.06 bits per heavy atom. The van der Waals surface area contributed by atoms with Crippen LogP contribution in [0.25, 0.3) is 0 Å². The second-order valence-corrected chi connectivity index (χ2v) is 5.14. The van der Waals surface area contributed by atoms with Gasteiger partial charge in [0.2, 0.25) is 5.91 Å². The van der Waals surface area contributed by atoms with E-state index in [-0.39, 0.29) is 11.3 Å². The minimum atomic E-state index is 0.0730. The van der Waals surface area contributed by atoms with Crippen LogP contribution in [0.1, 0.15) is 44.9 Å². The van der Waals surface area contributed by atoms with Crippen LogP contribution in [0.2, 0.25) is 0 Å². The Bertz CT molecular complexity index is 225. The molecule has 0 spiro atoms. The van der Waals surface area contributed by atoms with Crippen LogP contribution >= 0.6 is 0 Å². The van der Waals surface area contributed by atoms with Gasteiger partial charge in [-0.1, -0.05) is 19.3 Å². The van der Waals surface area contributed by atoms with Gasteiger partial charge in [0.25, 0.3) is 0 Å². The molecule has 1 saturated carbocycles. The van der Waals surface area contributed by atoms with Crippen molar-refractivity contribution < 1.29 is 9.53 Å². The molecule has 0 aliphatic heterocycles. The highest BCUT2D eigenvalue weighted by atomic mass is 16.5. The molecule has 4 nitrogen and oxygen atoms in total. The number of rotatable bonds is 7. The molecule has 0 saturated heterocycles. The predicted molar refractivity (Wildman–Crippen MR) is 68.7 cm³/mol. The highest BCUT2D eigenvalue weighted by Crippen LogP contribution is 2.38. The van der Waals surface area contributed by atoms with Gasteiger partial charge in [-0.05, 0) is 31.2 Å². The van der Waals surface area contributed by atoms with E-state index >= 15 is 0 Å². The molecule has 1 aliphatic rings. The molecule has 0 atom stereocenters. The van der Waals surface area contributed by atoms with E-state index in [1.54, 1.807) is 7.11 Å². The summed E-state index contributed by atoms with van der Waals surface area (Å²) in [4.78, 5) is 11.8. The molecular weight excluding hydrogens is 216 g/mol. The van der Waals surface area contributed by atoms with Crippen molar-refractivity contribution in [2.75, 3.05) is 26.8 Å². The van der Waals surface area contributed by atoms with Crippen molar-refractivity contribution in [3.05, 3.63) is 0 Å². The van der Waals surface area contributed by atoms with Gasteiger partial charge in [-0.3, -0.25) is 4.79 Å². The predicted octanol–water partition coefficient (Wildman–Crippen LogP) is 1.44. The first kappa shape index (κ1) is 14.5. The van der Waals surface area contributed by atoms with Crippen LogP contribution < -0.4 is 11.1 Å². The highest BCUT2D eigenvalue weighted by Gasteiger charge is 2.32. The molecule has 100 valence electrons. The number of hydrogen-bond acceptors (Lipinski definition) is 3. The molecule has 1 aliphatic carbocycles. The van der Waals surface area contributed by atoms with Crippen molar-refractivity contribution in [1.29, 1.82) is 0 Å². The Hall–Kier alpha value is -0.610. The third kappa shape index (κ3) is 5.04. The molecule has 3 N–H and O–H groups in total. The fourth-order valence-electron chi connectivity index (χ4n) is 2.60. The Morgan fingerprint density at radius 1 is 1.35 bits per heavy atom. The number of hydrogen-bond donors (Lipinski definition) is 2. The number of methoxy groups -OCH3 is 1. The van der Waals surface area contributed by atoms with Crippen molar-refractivity contribution in [3.8, 4) is 0 Å². The van der Waals surface area contributed by atoms with Crippen LogP contribution in [-0.4, -0.2) is 32.7 Å². The maximum atomic E-state index is 11.8. The first-order valence-electron chi connectivity index (χ1n) is 6.68. The third-order valence-corrected chi connectivity index (χ3v) is 3.73. The number of amides is 1. The Labute approximate surface area is 104 Å². The minimum absolute atomic E-state index is 0.0730. The first-order chi connectivity index (χ1) is 8.22. The zero-order valence-electron chi connectivity index (χ0n) is 11.0. The van der Waals surface area contributed by atoms with Crippen molar-refractivity contribution in [2.45, 2.75) is 44.9 Å². The maximum Gasteiger partial charge on any atom is 0.220 e. The number of carbonyl (C=O) groups is 1. The summed E-state index contributed by atoms with van der Waals surface area (Å²) in [6.45, 7) is 2.04. The van der Waals surface area contributed by atoms with Crippen molar-refractivity contribution in [1.82, 2.24) is 5.32 Å². The standard InChI is InChI=1S/C13H26N2O2/c1-17-9-5-8-15-12(16)10-13(11-14)6-3-2-4-7-13/h2-11,14H2,1H3,(H,15,16). The molecule has 1 fully saturated rings. The van der Waals surface area contributed by atoms with Gasteiger partial charge in [-0.2, -0.15) is 0 Å². The Kier molecular flexibility index (Phi) is 6.52. The molecule has 0 aromatic heterocycles. The molecule has 0 radical (unpaired) electrons. The van der Waals surface area contributed by atoms with Gasteiger partial charge in [-0.25, -0.2) is 0 Å². The van der Waals surface area contributed by atoms with E-state index in [0.717, 1.165) is 19.3 Å². The molecule has 0 bridgehead atoms. The molecule has 0 unspecified atom stereocenters. The van der Waals surface area contributed by atoms with Crippen molar-refractivity contribution in [2.24, 2.45) is 11.1 Å². The largest absolute Gasteiger partial charge is 0.385 e. The van der Waals surface area contributed by atoms with Gasteiger partial charge in [-0.15, -0.1) is 0 Å². The van der Waals surface area contributed by atoms with E-state index in [1.165, 1.54) is 19.3 Å². The fraction of sp³-hybridized carbons (Fsp3) is 0.923. The fourth-order valence-corrected chi connectivity index (χ4v) is 2.60. The van der Waals surface area contributed by atoms with Gasteiger partial charge >= 0.3 is 0 Å². The van der Waals surface area contributed by atoms with Crippen LogP contribution in [0.15, 0.2) is 0 Å². The lowest BCUT2D eigenvalue weighted by atomic mass is 9.71. The SMILES string of the molecule is COCCCNC(=O)CC1(CN)CCCCC1. The van der Waals surface area contributed by atoms with Crippen LogP contribution in [0.5, 0.6) is 0 Å². The van der Waals surface area contributed by atoms with Crippen molar-refractivity contribution in [3.63, 3.8) is 0 Å². The molecular formula is C13H26N2O2. The monoisotopic (exact) mass is 242 g/mol. The molecule has 0 aromatic rings. The van der Waals surface area contributed by atoms with Gasteiger partial charge < -0.3 is 15.8 Å². The van der Waals surface area contributed by atoms with Crippen molar-refractivity contribution >= 4 is 5.91 Å². The number of carbonyl (C=O) groups excluding carboxylic acids is 1. The summed E-state index contributed by atoms with van der Waals surface area (Å²) < 4.78 is 4.94. The minimum Gasteiger partial charge on any atom is -0.385 e. The lowest BCUT2D eigenvalue weighted by molar-refractivity contribution is -0.123. The van der Waals surface area contributed by atoms with Gasteiger partial charge in [0.15, 0.2) is 0 Å². The van der Waals surface area contributed by atoms with E-state index in [1.807, 2.05) is 0 Å². The number of ether oxygens (including phenoxy) is 1. The summed E-state index contributed by atoms with van der Waals surface area (Å²) in [6, 6.07) is 0. The summed E-state index contributed by atoms with van der Waals surface area (Å²) in [5, 5.41) is 2.95. The van der Waals surface area contributed by atoms with Gasteiger partial charge in [0.05, 0.1) is 0 Å². The van der Waals surface area contributed by atoms with E-state index in [4.69, 9.17) is 10.5 Å². The van der Waals surface area contributed by atoms with E-state index < -0.39 is 0 Å². The lowest BCUT2D eigenvalue weighted by Crippen LogP contribution is -2.38. The maximum absolute atomic E-state index is 11.8. The first-order valence-corrected chi connectivity index (χ1v) is 6.68. The summed E-state index contributed by atoms with van der Waals surface area (Å²) in [5.41, 5.74) is 5.94. The number of nitrogens with two attached hydrogens (primary N) is 1. The Morgan fingerprint density at radius 3 is 2.65 bits per heavy atom. The Balaban J connectivity index is 2.27. The van der Waals surface area contributed by atoms with Crippen LogP contribution in [0, 0.1) is 5.41 Å². The quantitative estimate of drug-likeness (QED) is 0.664. The summed E-state index contributed by atoms with van der Waals surface area (Å²) in [6.07, 6.45) is 7.40. The normalized spacial score (nSPS) is 18.9. The molecule has 4 heteroatoms. The topological polar surface area (TPSA) is 64.3 Å². The summed E-state index contributed by atoms with van der Waals surface area (Å²) >= 11 is 0. The smallest absolute Gasteiger partial charge is 0.220 e. The summed E-state index contributed by atoms with van der Waals surface area (Å²) in [5.74, 6) is 0.147. The highest BCUT2D eigenvalue weighted by molar-refractivity contribution is 5.76. The van der Waals surface area contributed by atoms with Crippen LogP contribution in [-0.2, 0) is 9.53 Å². The number of nitrogens with one attached hydrogen (secondary N) is 1. The zero-order chi connectivity index (χ0) is 12.6. The van der Waals surface area contributed by atoms with Gasteiger partial charge in [0, 0.05) is 26.7 Å². The second kappa shape index (κ2) is 7.67.